The molecule has 3 unspecified atom stereocenters. The summed E-state index contributed by atoms with van der Waals surface area (Å²) in [5.74, 6) is -0.657. The van der Waals surface area contributed by atoms with E-state index in [-0.39, 0.29) is 23.8 Å². The molecule has 3 atom stereocenters. The molecule has 240 valence electrons. The van der Waals surface area contributed by atoms with Crippen LogP contribution >= 0.6 is 0 Å². The number of esters is 2. The number of aromatic nitrogens is 4. The van der Waals surface area contributed by atoms with Crippen LogP contribution in [-0.2, 0) is 37.8 Å². The smallest absolute Gasteiger partial charge is 0.309 e. The zero-order chi connectivity index (χ0) is 31.8. The van der Waals surface area contributed by atoms with Gasteiger partial charge in [0.05, 0.1) is 67.3 Å². The van der Waals surface area contributed by atoms with E-state index in [0.29, 0.717) is 51.1 Å². The van der Waals surface area contributed by atoms with Crippen molar-refractivity contribution in [2.75, 3.05) is 13.2 Å². The number of nitrogens with zero attached hydrogens (tertiary/aromatic N) is 4. The van der Waals surface area contributed by atoms with E-state index in [0.717, 1.165) is 36.8 Å². The third-order valence-electron chi connectivity index (χ3n) is 7.61. The Kier molecular flexibility index (Phi) is 11.7. The van der Waals surface area contributed by atoms with Crippen LogP contribution in [0.3, 0.4) is 0 Å². The molecule has 2 aliphatic rings. The van der Waals surface area contributed by atoms with E-state index in [2.05, 4.69) is 16.3 Å². The molecule has 0 aliphatic heterocycles. The predicted molar refractivity (Wildman–Crippen MR) is 161 cm³/mol. The number of hydrogen-bond donors (Lipinski definition) is 3. The average molecular weight is 603 g/mol. The quantitative estimate of drug-likeness (QED) is 0.343. The van der Waals surface area contributed by atoms with Crippen LogP contribution in [0.4, 0.5) is 0 Å². The Morgan fingerprint density at radius 2 is 1.51 bits per heavy atom. The van der Waals surface area contributed by atoms with Gasteiger partial charge in [0.1, 0.15) is 0 Å². The van der Waals surface area contributed by atoms with Crippen molar-refractivity contribution in [2.24, 2.45) is 11.8 Å². The second kappa shape index (κ2) is 14.6. The normalized spacial score (nSPS) is 22.7. The molecule has 0 spiro atoms. The molecule has 2 aromatic rings. The van der Waals surface area contributed by atoms with Gasteiger partial charge in [-0.05, 0) is 92.1 Å². The molecule has 2 heterocycles. The number of ether oxygens (including phenoxy) is 2. The lowest BCUT2D eigenvalue weighted by atomic mass is 9.75. The van der Waals surface area contributed by atoms with Gasteiger partial charge in [0.2, 0.25) is 0 Å². The van der Waals surface area contributed by atoms with Crippen LogP contribution in [0, 0.1) is 11.8 Å². The van der Waals surface area contributed by atoms with Gasteiger partial charge in [-0.15, -0.1) is 0 Å². The number of carbonyl (C=O) groups excluding carboxylic acids is 2. The summed E-state index contributed by atoms with van der Waals surface area (Å²) in [6.07, 6.45) is 14.2. The highest BCUT2D eigenvalue weighted by Gasteiger charge is 2.40. The Balaban J connectivity index is 0.000000236. The first kappa shape index (κ1) is 34.5. The predicted octanol–water partition coefficient (Wildman–Crippen LogP) is 4.00. The number of allylic oxidation sites excluding steroid dienone is 2. The first-order chi connectivity index (χ1) is 20.1. The van der Waals surface area contributed by atoms with Gasteiger partial charge in [-0.2, -0.15) is 10.2 Å². The molecule has 11 heteroatoms. The third kappa shape index (κ3) is 10.6. The van der Waals surface area contributed by atoms with E-state index in [9.17, 15) is 24.9 Å². The molecular weight excluding hydrogens is 552 g/mol. The number of hydrogen-bond acceptors (Lipinski definition) is 9. The van der Waals surface area contributed by atoms with Crippen LogP contribution in [0.5, 0.6) is 0 Å². The van der Waals surface area contributed by atoms with Crippen molar-refractivity contribution in [3.8, 4) is 0 Å². The molecule has 0 aromatic carbocycles. The van der Waals surface area contributed by atoms with Crippen molar-refractivity contribution in [3.05, 3.63) is 42.0 Å². The molecule has 0 radical (unpaired) electrons. The van der Waals surface area contributed by atoms with Crippen LogP contribution in [0.2, 0.25) is 0 Å². The van der Waals surface area contributed by atoms with Crippen molar-refractivity contribution in [2.45, 2.75) is 116 Å². The van der Waals surface area contributed by atoms with Gasteiger partial charge < -0.3 is 24.8 Å². The van der Waals surface area contributed by atoms with E-state index in [4.69, 9.17) is 9.47 Å². The minimum Gasteiger partial charge on any atom is -0.466 e. The van der Waals surface area contributed by atoms with E-state index in [1.54, 1.807) is 62.6 Å². The fourth-order valence-electron chi connectivity index (χ4n) is 5.68. The minimum absolute atomic E-state index is 0.0532. The van der Waals surface area contributed by atoms with Crippen LogP contribution in [0.1, 0.15) is 97.6 Å². The van der Waals surface area contributed by atoms with Crippen molar-refractivity contribution in [1.82, 2.24) is 19.6 Å². The maximum absolute atomic E-state index is 11.9. The first-order valence-electron chi connectivity index (χ1n) is 15.4. The van der Waals surface area contributed by atoms with E-state index < -0.39 is 16.8 Å². The SMILES string of the molecule is CCOC(=O)C1CCC=C(c2cnn(CC(C)(C)O)c2)C1.CCOC(=O)C1CCCC(O)(c2cnn(CC(C)(C)O)c2)C1. The lowest BCUT2D eigenvalue weighted by Gasteiger charge is -2.35. The molecular formula is C32H50N4O7. The molecule has 2 aromatic heterocycles. The highest BCUT2D eigenvalue weighted by atomic mass is 16.5. The summed E-state index contributed by atoms with van der Waals surface area (Å²) in [6, 6.07) is 0. The fraction of sp³-hybridized carbons (Fsp3) is 0.688. The molecule has 4 rings (SSSR count). The van der Waals surface area contributed by atoms with Crippen molar-refractivity contribution >= 4 is 17.5 Å². The number of carbonyl (C=O) groups is 2. The van der Waals surface area contributed by atoms with Gasteiger partial charge in [-0.3, -0.25) is 19.0 Å². The molecule has 2 aliphatic carbocycles. The summed E-state index contributed by atoms with van der Waals surface area (Å²) in [6.45, 7) is 12.1. The number of rotatable bonds is 10. The summed E-state index contributed by atoms with van der Waals surface area (Å²) in [7, 11) is 0. The van der Waals surface area contributed by atoms with Crippen LogP contribution in [-0.4, -0.2) is 71.2 Å². The van der Waals surface area contributed by atoms with Gasteiger partial charge in [-0.1, -0.05) is 6.08 Å². The summed E-state index contributed by atoms with van der Waals surface area (Å²) in [5, 5.41) is 39.1. The van der Waals surface area contributed by atoms with Crippen molar-refractivity contribution < 1.29 is 34.4 Å². The maximum atomic E-state index is 11.9. The van der Waals surface area contributed by atoms with Crippen molar-refractivity contribution in [1.29, 1.82) is 0 Å². The van der Waals surface area contributed by atoms with Crippen LogP contribution in [0.15, 0.2) is 30.9 Å². The Labute approximate surface area is 254 Å². The highest BCUT2D eigenvalue weighted by molar-refractivity contribution is 5.77. The van der Waals surface area contributed by atoms with E-state index in [1.807, 2.05) is 13.1 Å². The summed E-state index contributed by atoms with van der Waals surface area (Å²) in [4.78, 5) is 23.8. The number of aliphatic hydroxyl groups is 3. The molecule has 3 N–H and O–H groups in total. The average Bonchev–Trinajstić information content (AvgIpc) is 3.58. The molecule has 1 fully saturated rings. The second-order valence-electron chi connectivity index (χ2n) is 13.0. The van der Waals surface area contributed by atoms with Crippen LogP contribution in [0.25, 0.3) is 5.57 Å². The van der Waals surface area contributed by atoms with Gasteiger partial charge in [0.15, 0.2) is 0 Å². The lowest BCUT2D eigenvalue weighted by molar-refractivity contribution is -0.153. The Bertz CT molecular complexity index is 1240. The van der Waals surface area contributed by atoms with Crippen molar-refractivity contribution in [3.63, 3.8) is 0 Å². The molecule has 0 bridgehead atoms. The first-order valence-corrected chi connectivity index (χ1v) is 15.4. The minimum atomic E-state index is -1.05. The highest BCUT2D eigenvalue weighted by Crippen LogP contribution is 2.40. The molecule has 11 nitrogen and oxygen atoms in total. The molecule has 0 saturated heterocycles. The fourth-order valence-corrected chi connectivity index (χ4v) is 5.68. The molecule has 1 saturated carbocycles. The van der Waals surface area contributed by atoms with E-state index in [1.165, 1.54) is 0 Å². The summed E-state index contributed by atoms with van der Waals surface area (Å²) in [5.41, 5.74) is 0.150. The largest absolute Gasteiger partial charge is 0.466 e. The maximum Gasteiger partial charge on any atom is 0.309 e. The topological polar surface area (TPSA) is 149 Å². The second-order valence-corrected chi connectivity index (χ2v) is 13.0. The van der Waals surface area contributed by atoms with Gasteiger partial charge >= 0.3 is 11.9 Å². The molecule has 0 amide bonds. The zero-order valence-corrected chi connectivity index (χ0v) is 26.6. The van der Waals surface area contributed by atoms with Gasteiger partial charge in [-0.25, -0.2) is 0 Å². The Morgan fingerprint density at radius 1 is 0.930 bits per heavy atom. The monoisotopic (exact) mass is 602 g/mol. The standard InChI is InChI=1S/C16H26N2O4.C16H24N2O3/c1-4-22-14(19)12-6-5-7-16(21,8-12)13-9-17-18(10-13)11-15(2,3)20;1-4-21-15(19)13-7-5-6-12(8-13)14-9-17-18(10-14)11-16(2,3)20/h9-10,12,20-21H,4-8,11H2,1-3H3;6,9-10,13,20H,4-5,7-8,11H2,1-3H3. The Hall–Kier alpha value is -3.02. The third-order valence-corrected chi connectivity index (χ3v) is 7.61. The summed E-state index contributed by atoms with van der Waals surface area (Å²) >= 11 is 0. The zero-order valence-electron chi connectivity index (χ0n) is 26.6. The van der Waals surface area contributed by atoms with Crippen LogP contribution < -0.4 is 0 Å². The van der Waals surface area contributed by atoms with Gasteiger partial charge in [0.25, 0.3) is 0 Å². The summed E-state index contributed by atoms with van der Waals surface area (Å²) < 4.78 is 13.6. The lowest BCUT2D eigenvalue weighted by Crippen LogP contribution is -2.36. The Morgan fingerprint density at radius 3 is 2.12 bits per heavy atom. The van der Waals surface area contributed by atoms with E-state index >= 15 is 0 Å². The van der Waals surface area contributed by atoms with Gasteiger partial charge in [0, 0.05) is 23.5 Å². The molecule has 43 heavy (non-hydrogen) atoms.